The maximum Gasteiger partial charge on any atom is 0.387 e. The van der Waals surface area contributed by atoms with E-state index in [1.54, 1.807) is 7.11 Å². The van der Waals surface area contributed by atoms with Crippen LogP contribution in [0.15, 0.2) is 30.3 Å². The molecule has 2 aromatic rings. The Bertz CT molecular complexity index is 880. The lowest BCUT2D eigenvalue weighted by atomic mass is 10.0. The van der Waals surface area contributed by atoms with Crippen LogP contribution in [0.4, 0.5) is 20.2 Å². The van der Waals surface area contributed by atoms with Gasteiger partial charge in [0.2, 0.25) is 0 Å². The Morgan fingerprint density at radius 3 is 2.82 bits per heavy atom. The zero-order valence-electron chi connectivity index (χ0n) is 15.4. The molecule has 0 saturated carbocycles. The lowest BCUT2D eigenvalue weighted by Crippen LogP contribution is -2.25. The molecule has 0 aliphatic carbocycles. The summed E-state index contributed by atoms with van der Waals surface area (Å²) in [6, 6.07) is 7.88. The van der Waals surface area contributed by atoms with Gasteiger partial charge in [0.25, 0.3) is 5.91 Å². The SMILES string of the molecule is COCc1ccc2c(c1CNC(=O)c1ccc(OC(F)F)c(Cl)c1)N(C)CN2. The molecule has 0 aromatic heterocycles. The molecule has 0 radical (unpaired) electrons. The summed E-state index contributed by atoms with van der Waals surface area (Å²) in [5.74, 6) is -0.552. The molecule has 150 valence electrons. The van der Waals surface area contributed by atoms with E-state index in [0.717, 1.165) is 22.5 Å². The quantitative estimate of drug-likeness (QED) is 0.725. The van der Waals surface area contributed by atoms with Gasteiger partial charge in [0.05, 0.1) is 29.7 Å². The van der Waals surface area contributed by atoms with Crippen molar-refractivity contribution in [2.75, 3.05) is 31.0 Å². The Morgan fingerprint density at radius 1 is 1.36 bits per heavy atom. The third-order valence-electron chi connectivity index (χ3n) is 4.40. The highest BCUT2D eigenvalue weighted by Gasteiger charge is 2.22. The number of rotatable bonds is 7. The summed E-state index contributed by atoms with van der Waals surface area (Å²) in [6.07, 6.45) is 0. The molecular weight excluding hydrogens is 392 g/mol. The third-order valence-corrected chi connectivity index (χ3v) is 4.70. The predicted molar refractivity (Wildman–Crippen MR) is 103 cm³/mol. The van der Waals surface area contributed by atoms with Crippen molar-refractivity contribution in [3.05, 3.63) is 52.0 Å². The zero-order valence-corrected chi connectivity index (χ0v) is 16.1. The van der Waals surface area contributed by atoms with Crippen LogP contribution in [0.1, 0.15) is 21.5 Å². The van der Waals surface area contributed by atoms with E-state index >= 15 is 0 Å². The summed E-state index contributed by atoms with van der Waals surface area (Å²) in [7, 11) is 3.57. The Balaban J connectivity index is 1.78. The second-order valence-corrected chi connectivity index (χ2v) is 6.68. The molecule has 2 aromatic carbocycles. The van der Waals surface area contributed by atoms with Crippen LogP contribution in [-0.4, -0.2) is 33.3 Å². The normalized spacial score (nSPS) is 12.7. The molecule has 2 N–H and O–H groups in total. The monoisotopic (exact) mass is 411 g/mol. The van der Waals surface area contributed by atoms with Gasteiger partial charge in [-0.2, -0.15) is 8.78 Å². The molecule has 3 rings (SSSR count). The van der Waals surface area contributed by atoms with E-state index in [1.807, 2.05) is 19.2 Å². The Labute approximate surface area is 166 Å². The van der Waals surface area contributed by atoms with E-state index in [2.05, 4.69) is 20.3 Å². The molecule has 0 unspecified atom stereocenters. The highest BCUT2D eigenvalue weighted by molar-refractivity contribution is 6.32. The number of carbonyl (C=O) groups is 1. The summed E-state index contributed by atoms with van der Waals surface area (Å²) in [5, 5.41) is 6.09. The number of hydrogen-bond acceptors (Lipinski definition) is 5. The first kappa shape index (κ1) is 20.2. The van der Waals surface area contributed by atoms with Crippen LogP contribution in [-0.2, 0) is 17.9 Å². The number of benzene rings is 2. The molecule has 6 nitrogen and oxygen atoms in total. The van der Waals surface area contributed by atoms with E-state index < -0.39 is 6.61 Å². The standard InChI is InChI=1S/C19H20ClF2N3O3/c1-25-10-24-15-5-3-12(9-27-2)13(17(15)25)8-23-18(26)11-4-6-16(14(20)7-11)28-19(21)22/h3-7,19,24H,8-10H2,1-2H3,(H,23,26). The van der Waals surface area contributed by atoms with Crippen LogP contribution in [0.5, 0.6) is 5.75 Å². The highest BCUT2D eigenvalue weighted by atomic mass is 35.5. The van der Waals surface area contributed by atoms with Crippen LogP contribution < -0.4 is 20.3 Å². The minimum atomic E-state index is -2.98. The minimum absolute atomic E-state index is 0.0578. The minimum Gasteiger partial charge on any atom is -0.433 e. The van der Waals surface area contributed by atoms with Crippen molar-refractivity contribution in [1.82, 2.24) is 5.32 Å². The molecule has 9 heteroatoms. The second kappa shape index (κ2) is 8.62. The number of hydrogen-bond donors (Lipinski definition) is 2. The van der Waals surface area contributed by atoms with Crippen molar-refractivity contribution >= 4 is 28.9 Å². The van der Waals surface area contributed by atoms with Gasteiger partial charge in [-0.3, -0.25) is 4.79 Å². The molecule has 0 saturated heterocycles. The number of halogens is 3. The fourth-order valence-corrected chi connectivity index (χ4v) is 3.36. The number of ether oxygens (including phenoxy) is 2. The van der Waals surface area contributed by atoms with Gasteiger partial charge in [0.1, 0.15) is 5.75 Å². The fraction of sp³-hybridized carbons (Fsp3) is 0.316. The Kier molecular flexibility index (Phi) is 6.21. The van der Waals surface area contributed by atoms with Gasteiger partial charge in [-0.15, -0.1) is 0 Å². The van der Waals surface area contributed by atoms with Crippen molar-refractivity contribution in [3.63, 3.8) is 0 Å². The van der Waals surface area contributed by atoms with E-state index in [1.165, 1.54) is 18.2 Å². The van der Waals surface area contributed by atoms with E-state index in [9.17, 15) is 13.6 Å². The zero-order chi connectivity index (χ0) is 20.3. The van der Waals surface area contributed by atoms with Gasteiger partial charge in [-0.25, -0.2) is 0 Å². The summed E-state index contributed by atoms with van der Waals surface area (Å²) >= 11 is 5.93. The van der Waals surface area contributed by atoms with Crippen LogP contribution in [0.3, 0.4) is 0 Å². The maximum absolute atomic E-state index is 12.5. The number of carbonyl (C=O) groups excluding carboxylic acids is 1. The second-order valence-electron chi connectivity index (χ2n) is 6.27. The van der Waals surface area contributed by atoms with Crippen LogP contribution in [0.25, 0.3) is 0 Å². The van der Waals surface area contributed by atoms with E-state index in [4.69, 9.17) is 16.3 Å². The van der Waals surface area contributed by atoms with Gasteiger partial charge in [0.15, 0.2) is 0 Å². The van der Waals surface area contributed by atoms with Gasteiger partial charge in [-0.1, -0.05) is 17.7 Å². The van der Waals surface area contributed by atoms with Crippen LogP contribution in [0.2, 0.25) is 5.02 Å². The molecular formula is C19H20ClF2N3O3. The van der Waals surface area contributed by atoms with Crippen molar-refractivity contribution in [2.24, 2.45) is 0 Å². The maximum atomic E-state index is 12.5. The number of amides is 1. The smallest absolute Gasteiger partial charge is 0.387 e. The fourth-order valence-electron chi connectivity index (χ4n) is 3.13. The molecule has 1 amide bonds. The van der Waals surface area contributed by atoms with Crippen LogP contribution >= 0.6 is 11.6 Å². The predicted octanol–water partition coefficient (Wildman–Crippen LogP) is 3.84. The number of methoxy groups -OCH3 is 1. The van der Waals surface area contributed by atoms with Crippen molar-refractivity contribution in [3.8, 4) is 5.75 Å². The summed E-state index contributed by atoms with van der Waals surface area (Å²) in [6.45, 7) is -1.62. The number of nitrogens with zero attached hydrogens (tertiary/aromatic N) is 1. The van der Waals surface area contributed by atoms with Crippen LogP contribution in [0, 0.1) is 0 Å². The number of nitrogens with one attached hydrogen (secondary N) is 2. The van der Waals surface area contributed by atoms with E-state index in [0.29, 0.717) is 13.3 Å². The molecule has 1 aliphatic heterocycles. The first-order valence-corrected chi connectivity index (χ1v) is 8.89. The van der Waals surface area contributed by atoms with Crippen molar-refractivity contribution < 1.29 is 23.0 Å². The molecule has 0 bridgehead atoms. The summed E-state index contributed by atoms with van der Waals surface area (Å²) < 4.78 is 34.2. The summed E-state index contributed by atoms with van der Waals surface area (Å²) in [5.41, 5.74) is 4.16. The van der Waals surface area contributed by atoms with Gasteiger partial charge in [0, 0.05) is 31.8 Å². The number of anilines is 2. The van der Waals surface area contributed by atoms with Gasteiger partial charge < -0.3 is 25.0 Å². The highest BCUT2D eigenvalue weighted by Crippen LogP contribution is 2.36. The topological polar surface area (TPSA) is 62.8 Å². The van der Waals surface area contributed by atoms with Crippen molar-refractivity contribution in [2.45, 2.75) is 19.8 Å². The van der Waals surface area contributed by atoms with Crippen molar-refractivity contribution in [1.29, 1.82) is 0 Å². The van der Waals surface area contributed by atoms with Gasteiger partial charge in [-0.05, 0) is 29.8 Å². The van der Waals surface area contributed by atoms with E-state index in [-0.39, 0.29) is 28.8 Å². The lowest BCUT2D eigenvalue weighted by Gasteiger charge is -2.19. The average molecular weight is 412 g/mol. The molecule has 1 aliphatic rings. The summed E-state index contributed by atoms with van der Waals surface area (Å²) in [4.78, 5) is 14.6. The number of fused-ring (bicyclic) bond motifs is 1. The lowest BCUT2D eigenvalue weighted by molar-refractivity contribution is -0.0497. The van der Waals surface area contributed by atoms with Gasteiger partial charge >= 0.3 is 6.61 Å². The first-order valence-electron chi connectivity index (χ1n) is 8.52. The Hall–Kier alpha value is -2.58. The molecule has 0 fully saturated rings. The third kappa shape index (κ3) is 4.28. The largest absolute Gasteiger partial charge is 0.433 e. The number of alkyl halides is 2. The molecule has 1 heterocycles. The Morgan fingerprint density at radius 2 is 2.14 bits per heavy atom. The molecule has 28 heavy (non-hydrogen) atoms. The molecule has 0 atom stereocenters. The average Bonchev–Trinajstić information content (AvgIpc) is 3.03. The first-order chi connectivity index (χ1) is 13.4. The molecule has 0 spiro atoms.